The van der Waals surface area contributed by atoms with Crippen LogP contribution in [-0.2, 0) is 10.2 Å². The second kappa shape index (κ2) is 5.67. The fourth-order valence-electron chi connectivity index (χ4n) is 4.47. The molecule has 1 unspecified atom stereocenters. The molecule has 0 N–H and O–H groups in total. The third-order valence-electron chi connectivity index (χ3n) is 5.88. The van der Waals surface area contributed by atoms with Gasteiger partial charge in [0.1, 0.15) is 23.5 Å². The molecule has 0 saturated heterocycles. The third-order valence-corrected chi connectivity index (χ3v) is 5.88. The number of nitrogens with zero attached hydrogens (tertiary/aromatic N) is 1. The lowest BCUT2D eigenvalue weighted by atomic mass is 9.77. The van der Waals surface area contributed by atoms with Crippen molar-refractivity contribution in [3.8, 4) is 23.0 Å². The maximum absolute atomic E-state index is 13.9. The summed E-state index contributed by atoms with van der Waals surface area (Å²) in [5.74, 6) is 2.65. The molecule has 144 valence electrons. The Hall–Kier alpha value is -3.67. The number of amides is 1. The molecule has 3 aromatic carbocycles. The molecule has 1 spiro atoms. The van der Waals surface area contributed by atoms with Crippen molar-refractivity contribution in [1.82, 2.24) is 0 Å². The largest absolute Gasteiger partial charge is 0.497 e. The van der Waals surface area contributed by atoms with E-state index < -0.39 is 5.41 Å². The van der Waals surface area contributed by atoms with E-state index in [4.69, 9.17) is 18.9 Å². The van der Waals surface area contributed by atoms with E-state index in [2.05, 4.69) is 0 Å². The zero-order valence-electron chi connectivity index (χ0n) is 15.7. The highest BCUT2D eigenvalue weighted by Gasteiger charge is 2.57. The fraction of sp³-hybridized carbons (Fsp3) is 0.174. The molecule has 1 atom stereocenters. The number of anilines is 2. The van der Waals surface area contributed by atoms with Crippen molar-refractivity contribution in [3.63, 3.8) is 0 Å². The summed E-state index contributed by atoms with van der Waals surface area (Å²) >= 11 is 0. The van der Waals surface area contributed by atoms with Crippen LogP contribution in [0.5, 0.6) is 23.0 Å². The van der Waals surface area contributed by atoms with Gasteiger partial charge in [-0.1, -0.05) is 18.2 Å². The Kier molecular flexibility index (Phi) is 3.19. The molecule has 6 rings (SSSR count). The lowest BCUT2D eigenvalue weighted by Crippen LogP contribution is -2.40. The summed E-state index contributed by atoms with van der Waals surface area (Å²) in [7, 11) is 1.62. The van der Waals surface area contributed by atoms with Gasteiger partial charge in [-0.05, 0) is 42.0 Å². The van der Waals surface area contributed by atoms with Gasteiger partial charge in [0.25, 0.3) is 0 Å². The summed E-state index contributed by atoms with van der Waals surface area (Å²) in [6, 6.07) is 19.1. The fourth-order valence-corrected chi connectivity index (χ4v) is 4.47. The molecule has 3 aliphatic rings. The molecule has 0 fully saturated rings. The van der Waals surface area contributed by atoms with Crippen LogP contribution in [0, 0.1) is 0 Å². The molecule has 6 nitrogen and oxygen atoms in total. The van der Waals surface area contributed by atoms with E-state index >= 15 is 0 Å². The number of para-hydroxylation sites is 1. The molecule has 0 radical (unpaired) electrons. The summed E-state index contributed by atoms with van der Waals surface area (Å²) in [6.45, 7) is 0.418. The predicted molar refractivity (Wildman–Crippen MR) is 105 cm³/mol. The van der Waals surface area contributed by atoms with Crippen molar-refractivity contribution in [2.45, 2.75) is 5.41 Å². The maximum atomic E-state index is 13.9. The van der Waals surface area contributed by atoms with Crippen LogP contribution in [0.1, 0.15) is 11.1 Å². The predicted octanol–water partition coefficient (Wildman–Crippen LogP) is 3.78. The van der Waals surface area contributed by atoms with Crippen LogP contribution >= 0.6 is 0 Å². The first-order valence-electron chi connectivity index (χ1n) is 9.37. The van der Waals surface area contributed by atoms with Gasteiger partial charge in [-0.2, -0.15) is 0 Å². The third kappa shape index (κ3) is 2.03. The van der Waals surface area contributed by atoms with Crippen LogP contribution in [0.4, 0.5) is 11.4 Å². The van der Waals surface area contributed by atoms with Crippen LogP contribution in [0.15, 0.2) is 60.7 Å². The highest BCUT2D eigenvalue weighted by Crippen LogP contribution is 2.56. The molecule has 3 aliphatic heterocycles. The molecule has 3 heterocycles. The standard InChI is InChI=1S/C23H17NO5/c1-26-15-8-6-14(7-9-15)24-18-5-3-2-4-16(18)23(22(24)25)12-27-19-11-21-20(10-17(19)23)28-13-29-21/h2-11H,12-13H2,1H3. The first-order chi connectivity index (χ1) is 14.2. The summed E-state index contributed by atoms with van der Waals surface area (Å²) in [6.07, 6.45) is 0. The molecular weight excluding hydrogens is 370 g/mol. The second-order valence-electron chi connectivity index (χ2n) is 7.25. The SMILES string of the molecule is COc1ccc(N2C(=O)C3(COc4cc5c(cc43)OCO5)c3ccccc32)cc1. The minimum Gasteiger partial charge on any atom is -0.497 e. The zero-order valence-corrected chi connectivity index (χ0v) is 15.7. The van der Waals surface area contributed by atoms with Crippen LogP contribution in [0.3, 0.4) is 0 Å². The van der Waals surface area contributed by atoms with Gasteiger partial charge in [0.2, 0.25) is 12.7 Å². The van der Waals surface area contributed by atoms with Crippen LogP contribution < -0.4 is 23.8 Å². The summed E-state index contributed by atoms with van der Waals surface area (Å²) in [5.41, 5.74) is 2.48. The number of carbonyl (C=O) groups is 1. The van der Waals surface area contributed by atoms with Gasteiger partial charge in [-0.15, -0.1) is 0 Å². The Bertz CT molecular complexity index is 1160. The van der Waals surface area contributed by atoms with E-state index in [9.17, 15) is 4.79 Å². The Labute approximate surface area is 167 Å². The number of benzene rings is 3. The number of fused-ring (bicyclic) bond motifs is 5. The molecule has 0 aliphatic carbocycles. The highest BCUT2D eigenvalue weighted by atomic mass is 16.7. The first-order valence-corrected chi connectivity index (χ1v) is 9.37. The molecule has 29 heavy (non-hydrogen) atoms. The normalized spacial score (nSPS) is 20.6. The van der Waals surface area contributed by atoms with Crippen molar-refractivity contribution in [1.29, 1.82) is 0 Å². The Morgan fingerprint density at radius 1 is 0.897 bits per heavy atom. The molecule has 6 heteroatoms. The van der Waals surface area contributed by atoms with E-state index in [0.717, 1.165) is 28.3 Å². The summed E-state index contributed by atoms with van der Waals surface area (Å²) in [5, 5.41) is 0. The lowest BCUT2D eigenvalue weighted by molar-refractivity contribution is -0.121. The van der Waals surface area contributed by atoms with Gasteiger partial charge >= 0.3 is 0 Å². The quantitative estimate of drug-likeness (QED) is 0.670. The number of rotatable bonds is 2. The monoisotopic (exact) mass is 387 g/mol. The number of hydrogen-bond donors (Lipinski definition) is 0. The van der Waals surface area contributed by atoms with Crippen molar-refractivity contribution >= 4 is 17.3 Å². The van der Waals surface area contributed by atoms with E-state index in [-0.39, 0.29) is 19.3 Å². The minimum atomic E-state index is -0.910. The van der Waals surface area contributed by atoms with E-state index in [1.807, 2.05) is 60.7 Å². The van der Waals surface area contributed by atoms with Crippen LogP contribution in [0.25, 0.3) is 0 Å². The van der Waals surface area contributed by atoms with Crippen molar-refractivity contribution in [2.75, 3.05) is 25.4 Å². The topological polar surface area (TPSA) is 57.2 Å². The van der Waals surface area contributed by atoms with Crippen LogP contribution in [0.2, 0.25) is 0 Å². The Morgan fingerprint density at radius 2 is 1.66 bits per heavy atom. The molecule has 0 aromatic heterocycles. The van der Waals surface area contributed by atoms with Gasteiger partial charge in [0.05, 0.1) is 12.8 Å². The minimum absolute atomic E-state index is 0.0403. The van der Waals surface area contributed by atoms with Crippen molar-refractivity contribution in [3.05, 3.63) is 71.8 Å². The zero-order chi connectivity index (χ0) is 19.6. The maximum Gasteiger partial charge on any atom is 0.250 e. The smallest absolute Gasteiger partial charge is 0.250 e. The number of methoxy groups -OCH3 is 1. The molecule has 0 saturated carbocycles. The number of carbonyl (C=O) groups excluding carboxylic acids is 1. The summed E-state index contributed by atoms with van der Waals surface area (Å²) < 4.78 is 22.3. The van der Waals surface area contributed by atoms with Gasteiger partial charge in [0.15, 0.2) is 11.5 Å². The Balaban J connectivity index is 1.55. The number of hydrogen-bond acceptors (Lipinski definition) is 5. The summed E-state index contributed by atoms with van der Waals surface area (Å²) in [4.78, 5) is 15.7. The first kappa shape index (κ1) is 16.3. The van der Waals surface area contributed by atoms with Gasteiger partial charge in [-0.3, -0.25) is 9.69 Å². The van der Waals surface area contributed by atoms with Gasteiger partial charge in [0, 0.05) is 17.3 Å². The van der Waals surface area contributed by atoms with Gasteiger partial charge < -0.3 is 18.9 Å². The molecular formula is C23H17NO5. The molecule has 0 bridgehead atoms. The Morgan fingerprint density at radius 3 is 2.45 bits per heavy atom. The van der Waals surface area contributed by atoms with Crippen LogP contribution in [-0.4, -0.2) is 26.4 Å². The molecule has 1 amide bonds. The second-order valence-corrected chi connectivity index (χ2v) is 7.25. The highest BCUT2D eigenvalue weighted by molar-refractivity contribution is 6.15. The lowest BCUT2D eigenvalue weighted by Gasteiger charge is -2.23. The average molecular weight is 387 g/mol. The van der Waals surface area contributed by atoms with Crippen molar-refractivity contribution < 1.29 is 23.7 Å². The van der Waals surface area contributed by atoms with Crippen molar-refractivity contribution in [2.24, 2.45) is 0 Å². The van der Waals surface area contributed by atoms with E-state index in [1.54, 1.807) is 12.0 Å². The average Bonchev–Trinajstić information content (AvgIpc) is 3.43. The van der Waals surface area contributed by atoms with Gasteiger partial charge in [-0.25, -0.2) is 0 Å². The molecule has 3 aromatic rings. The number of ether oxygens (including phenoxy) is 4. The van der Waals surface area contributed by atoms with E-state index in [0.29, 0.717) is 17.2 Å². The van der Waals surface area contributed by atoms with E-state index in [1.165, 1.54) is 0 Å².